The molecule has 28 heavy (non-hydrogen) atoms. The molecule has 0 radical (unpaired) electrons. The van der Waals surface area contributed by atoms with Gasteiger partial charge in [0.15, 0.2) is 5.82 Å². The van der Waals surface area contributed by atoms with Crippen molar-refractivity contribution in [2.75, 3.05) is 36.4 Å². The highest BCUT2D eigenvalue weighted by Gasteiger charge is 2.24. The van der Waals surface area contributed by atoms with Crippen molar-refractivity contribution in [1.29, 1.82) is 5.26 Å². The Labute approximate surface area is 165 Å². The average Bonchev–Trinajstić information content (AvgIpc) is 2.69. The van der Waals surface area contributed by atoms with Crippen molar-refractivity contribution >= 4 is 35.0 Å². The summed E-state index contributed by atoms with van der Waals surface area (Å²) in [7, 11) is 0. The van der Waals surface area contributed by atoms with Crippen LogP contribution in [-0.2, 0) is 0 Å². The molecule has 1 heterocycles. The van der Waals surface area contributed by atoms with Crippen LogP contribution >= 0.6 is 11.6 Å². The van der Waals surface area contributed by atoms with Gasteiger partial charge in [-0.2, -0.15) is 5.26 Å². The van der Waals surface area contributed by atoms with E-state index >= 15 is 0 Å². The van der Waals surface area contributed by atoms with E-state index in [-0.39, 0.29) is 21.8 Å². The zero-order chi connectivity index (χ0) is 20.3. The van der Waals surface area contributed by atoms with E-state index < -0.39 is 17.8 Å². The number of piperazine rings is 1. The van der Waals surface area contributed by atoms with Gasteiger partial charge in [-0.05, 0) is 24.3 Å². The summed E-state index contributed by atoms with van der Waals surface area (Å²) < 4.78 is 14.1. The maximum atomic E-state index is 14.1. The van der Waals surface area contributed by atoms with E-state index in [1.54, 1.807) is 18.2 Å². The Morgan fingerprint density at radius 2 is 1.82 bits per heavy atom. The number of halogens is 2. The minimum absolute atomic E-state index is 0.168. The van der Waals surface area contributed by atoms with Gasteiger partial charge in [0.1, 0.15) is 6.07 Å². The molecule has 2 aromatic rings. The van der Waals surface area contributed by atoms with E-state index in [2.05, 4.69) is 11.4 Å². The maximum Gasteiger partial charge on any atom is 0.407 e. The molecule has 144 valence electrons. The first-order chi connectivity index (χ1) is 13.4. The van der Waals surface area contributed by atoms with Gasteiger partial charge in [0.05, 0.1) is 27.5 Å². The first-order valence-corrected chi connectivity index (χ1v) is 8.81. The van der Waals surface area contributed by atoms with Crippen LogP contribution in [0.1, 0.15) is 15.9 Å². The molecule has 1 aliphatic rings. The first kappa shape index (κ1) is 19.5. The lowest BCUT2D eigenvalue weighted by Crippen LogP contribution is -2.48. The van der Waals surface area contributed by atoms with Crippen molar-refractivity contribution in [1.82, 2.24) is 4.90 Å². The quantitative estimate of drug-likeness (QED) is 0.820. The standard InChI is InChI=1S/C19H16ClFN4O3/c20-14-4-1-3-12(17(14)21)18(26)23-15-5-2-6-16(13(15)11-22)24-7-9-25(10-8-24)19(27)28/h1-6H,7-10H2,(H,23,26)(H,27,28). The summed E-state index contributed by atoms with van der Waals surface area (Å²) in [5, 5.41) is 21.1. The van der Waals surface area contributed by atoms with Crippen molar-refractivity contribution in [3.63, 3.8) is 0 Å². The van der Waals surface area contributed by atoms with Crippen LogP contribution in [0.4, 0.5) is 20.6 Å². The summed E-state index contributed by atoms with van der Waals surface area (Å²) in [6.07, 6.45) is -0.982. The fourth-order valence-corrected chi connectivity index (χ4v) is 3.21. The topological polar surface area (TPSA) is 96.7 Å². The Bertz CT molecular complexity index is 968. The monoisotopic (exact) mass is 402 g/mol. The minimum atomic E-state index is -0.982. The van der Waals surface area contributed by atoms with Crippen molar-refractivity contribution in [2.45, 2.75) is 0 Å². The minimum Gasteiger partial charge on any atom is -0.465 e. The van der Waals surface area contributed by atoms with Gasteiger partial charge in [-0.25, -0.2) is 9.18 Å². The molecule has 3 rings (SSSR count). The van der Waals surface area contributed by atoms with Crippen LogP contribution in [0.2, 0.25) is 5.02 Å². The molecule has 1 aliphatic heterocycles. The summed E-state index contributed by atoms with van der Waals surface area (Å²) >= 11 is 5.72. The molecule has 9 heteroatoms. The Balaban J connectivity index is 1.85. The third kappa shape index (κ3) is 3.85. The summed E-state index contributed by atoms with van der Waals surface area (Å²) in [6.45, 7) is 1.46. The number of rotatable bonds is 3. The number of carbonyl (C=O) groups is 2. The van der Waals surface area contributed by atoms with Gasteiger partial charge in [-0.1, -0.05) is 23.7 Å². The lowest BCUT2D eigenvalue weighted by atomic mass is 10.1. The van der Waals surface area contributed by atoms with E-state index in [9.17, 15) is 19.2 Å². The highest BCUT2D eigenvalue weighted by Crippen LogP contribution is 2.29. The van der Waals surface area contributed by atoms with Gasteiger partial charge < -0.3 is 20.2 Å². The third-order valence-electron chi connectivity index (χ3n) is 4.49. The Morgan fingerprint density at radius 1 is 1.14 bits per heavy atom. The predicted molar refractivity (Wildman–Crippen MR) is 102 cm³/mol. The Hall–Kier alpha value is -3.31. The number of amides is 2. The molecule has 0 spiro atoms. The van der Waals surface area contributed by atoms with Crippen molar-refractivity contribution in [3.05, 3.63) is 58.4 Å². The second-order valence-electron chi connectivity index (χ2n) is 6.12. The molecule has 0 saturated carbocycles. The number of nitriles is 1. The summed E-state index contributed by atoms with van der Waals surface area (Å²) in [5.74, 6) is -1.55. The van der Waals surface area contributed by atoms with Crippen molar-refractivity contribution in [2.24, 2.45) is 0 Å². The summed E-state index contributed by atoms with van der Waals surface area (Å²) in [5.41, 5.74) is 0.820. The number of anilines is 2. The van der Waals surface area contributed by atoms with E-state index in [0.29, 0.717) is 31.9 Å². The molecule has 0 aliphatic carbocycles. The van der Waals surface area contributed by atoms with Crippen LogP contribution < -0.4 is 10.2 Å². The van der Waals surface area contributed by atoms with Crippen molar-refractivity contribution < 1.29 is 19.1 Å². The molecule has 0 unspecified atom stereocenters. The molecule has 2 N–H and O–H groups in total. The highest BCUT2D eigenvalue weighted by molar-refractivity contribution is 6.31. The van der Waals surface area contributed by atoms with Gasteiger partial charge in [0.25, 0.3) is 5.91 Å². The number of nitrogens with one attached hydrogen (secondary N) is 1. The normalized spacial score (nSPS) is 13.8. The molecule has 1 fully saturated rings. The van der Waals surface area contributed by atoms with Crippen molar-refractivity contribution in [3.8, 4) is 6.07 Å². The SMILES string of the molecule is N#Cc1c(NC(=O)c2cccc(Cl)c2F)cccc1N1CCN(C(=O)O)CC1. The fourth-order valence-electron chi connectivity index (χ4n) is 3.03. The fraction of sp³-hybridized carbons (Fsp3) is 0.211. The first-order valence-electron chi connectivity index (χ1n) is 8.43. The van der Waals surface area contributed by atoms with Gasteiger partial charge >= 0.3 is 6.09 Å². The predicted octanol–water partition coefficient (Wildman–Crippen LogP) is 3.40. The largest absolute Gasteiger partial charge is 0.465 e. The molecule has 7 nitrogen and oxygen atoms in total. The smallest absolute Gasteiger partial charge is 0.407 e. The summed E-state index contributed by atoms with van der Waals surface area (Å²) in [4.78, 5) is 26.7. The molecular weight excluding hydrogens is 387 g/mol. The molecular formula is C19H16ClFN4O3. The second-order valence-corrected chi connectivity index (χ2v) is 6.53. The Kier molecular flexibility index (Phi) is 5.66. The van der Waals surface area contributed by atoms with Gasteiger partial charge in [-0.15, -0.1) is 0 Å². The zero-order valence-corrected chi connectivity index (χ0v) is 15.4. The second kappa shape index (κ2) is 8.15. The van der Waals surface area contributed by atoms with Crippen LogP contribution in [0.25, 0.3) is 0 Å². The number of carboxylic acid groups (broad SMARTS) is 1. The number of hydrogen-bond acceptors (Lipinski definition) is 4. The third-order valence-corrected chi connectivity index (χ3v) is 4.78. The molecule has 0 bridgehead atoms. The van der Waals surface area contributed by atoms with Crippen LogP contribution in [0.3, 0.4) is 0 Å². The van der Waals surface area contributed by atoms with Gasteiger partial charge in [-0.3, -0.25) is 4.79 Å². The van der Waals surface area contributed by atoms with E-state index in [1.807, 2.05) is 4.90 Å². The molecule has 0 aromatic heterocycles. The lowest BCUT2D eigenvalue weighted by Gasteiger charge is -2.35. The Morgan fingerprint density at radius 3 is 2.46 bits per heavy atom. The van der Waals surface area contributed by atoms with Gasteiger partial charge in [0, 0.05) is 26.2 Å². The molecule has 0 atom stereocenters. The molecule has 2 amide bonds. The molecule has 1 saturated heterocycles. The van der Waals surface area contributed by atoms with E-state index in [4.69, 9.17) is 16.7 Å². The number of nitrogens with zero attached hydrogens (tertiary/aromatic N) is 3. The summed E-state index contributed by atoms with van der Waals surface area (Å²) in [6, 6.07) is 11.1. The number of carbonyl (C=O) groups excluding carboxylic acids is 1. The number of hydrogen-bond donors (Lipinski definition) is 2. The average molecular weight is 403 g/mol. The van der Waals surface area contributed by atoms with Gasteiger partial charge in [0.2, 0.25) is 0 Å². The lowest BCUT2D eigenvalue weighted by molar-refractivity contribution is 0.102. The van der Waals surface area contributed by atoms with Crippen LogP contribution in [0, 0.1) is 17.1 Å². The zero-order valence-electron chi connectivity index (χ0n) is 14.7. The van der Waals surface area contributed by atoms with Crippen LogP contribution in [0.15, 0.2) is 36.4 Å². The number of benzene rings is 2. The maximum absolute atomic E-state index is 14.1. The highest BCUT2D eigenvalue weighted by atomic mass is 35.5. The van der Waals surface area contributed by atoms with Crippen LogP contribution in [0.5, 0.6) is 0 Å². The van der Waals surface area contributed by atoms with E-state index in [0.717, 1.165) is 0 Å². The van der Waals surface area contributed by atoms with Crippen LogP contribution in [-0.4, -0.2) is 48.2 Å². The van der Waals surface area contributed by atoms with E-state index in [1.165, 1.54) is 23.1 Å². The molecule has 2 aromatic carbocycles.